The number of aryl methyl sites for hydroxylation is 2. The van der Waals surface area contributed by atoms with E-state index in [4.69, 9.17) is 16.3 Å². The van der Waals surface area contributed by atoms with Crippen LogP contribution in [-0.2, 0) is 9.59 Å². The third-order valence-electron chi connectivity index (χ3n) is 5.53. The molecule has 0 radical (unpaired) electrons. The second kappa shape index (κ2) is 12.6. The zero-order valence-electron chi connectivity index (χ0n) is 21.8. The highest BCUT2D eigenvalue weighted by atomic mass is 35.5. The average Bonchev–Trinajstić information content (AvgIpc) is 2.88. The van der Waals surface area contributed by atoms with Crippen molar-refractivity contribution in [1.82, 2.24) is 4.31 Å². The zero-order valence-corrected chi connectivity index (χ0v) is 23.4. The van der Waals surface area contributed by atoms with Crippen molar-refractivity contribution in [3.8, 4) is 11.8 Å². The third-order valence-corrected chi connectivity index (χ3v) is 6.69. The van der Waals surface area contributed by atoms with Gasteiger partial charge in [0, 0.05) is 34.1 Å². The molecule has 0 bridgehead atoms. The van der Waals surface area contributed by atoms with Crippen LogP contribution in [0.4, 0.5) is 5.69 Å². The van der Waals surface area contributed by atoms with Crippen LogP contribution in [0.2, 0.25) is 5.02 Å². The molecule has 3 rings (SSSR count). The molecule has 0 aliphatic rings. The van der Waals surface area contributed by atoms with E-state index in [0.29, 0.717) is 21.8 Å². The van der Waals surface area contributed by atoms with Crippen molar-refractivity contribution in [2.24, 2.45) is 5.92 Å². The van der Waals surface area contributed by atoms with Crippen molar-refractivity contribution in [1.29, 1.82) is 5.26 Å². The van der Waals surface area contributed by atoms with Gasteiger partial charge in [-0.25, -0.2) is 0 Å². The fourth-order valence-corrected chi connectivity index (χ4v) is 4.82. The molecule has 9 heteroatoms. The van der Waals surface area contributed by atoms with Crippen LogP contribution in [0, 0.1) is 31.1 Å². The first kappa shape index (κ1) is 28.8. The molecule has 0 aliphatic carbocycles. The van der Waals surface area contributed by atoms with Gasteiger partial charge in [0.05, 0.1) is 17.2 Å². The van der Waals surface area contributed by atoms with E-state index in [0.717, 1.165) is 16.0 Å². The van der Waals surface area contributed by atoms with Gasteiger partial charge in [0.2, 0.25) is 5.91 Å². The highest BCUT2D eigenvalue weighted by Gasteiger charge is 2.18. The van der Waals surface area contributed by atoms with Gasteiger partial charge >= 0.3 is 0 Å². The van der Waals surface area contributed by atoms with Gasteiger partial charge in [-0.3, -0.25) is 18.7 Å². The predicted molar refractivity (Wildman–Crippen MR) is 150 cm³/mol. The number of benzene rings is 3. The van der Waals surface area contributed by atoms with Gasteiger partial charge in [-0.1, -0.05) is 25.4 Å². The molecule has 0 heterocycles. The van der Waals surface area contributed by atoms with Gasteiger partial charge in [0.1, 0.15) is 5.75 Å². The lowest BCUT2D eigenvalue weighted by atomic mass is 9.98. The van der Waals surface area contributed by atoms with Crippen molar-refractivity contribution >= 4 is 46.8 Å². The summed E-state index contributed by atoms with van der Waals surface area (Å²) in [6, 6.07) is 17.0. The Balaban J connectivity index is 1.70. The van der Waals surface area contributed by atoms with E-state index in [1.54, 1.807) is 42.5 Å². The summed E-state index contributed by atoms with van der Waals surface area (Å²) in [7, 11) is 1.73. The van der Waals surface area contributed by atoms with Crippen LogP contribution in [0.1, 0.15) is 46.5 Å². The molecule has 0 aromatic heterocycles. The van der Waals surface area contributed by atoms with Gasteiger partial charge in [-0.2, -0.15) is 5.26 Å². The number of amides is 2. The molecule has 1 N–H and O–H groups in total. The lowest BCUT2D eigenvalue weighted by molar-refractivity contribution is -0.128. The normalized spacial score (nSPS) is 10.6. The molecule has 38 heavy (non-hydrogen) atoms. The Morgan fingerprint density at radius 1 is 1.08 bits per heavy atom. The zero-order chi connectivity index (χ0) is 28.0. The summed E-state index contributed by atoms with van der Waals surface area (Å²) in [6.07, 6.45) is 0. The summed E-state index contributed by atoms with van der Waals surface area (Å²) in [5.41, 5.74) is 3.09. The molecule has 196 valence electrons. The molecule has 3 aromatic carbocycles. The first-order chi connectivity index (χ1) is 18.0. The summed E-state index contributed by atoms with van der Waals surface area (Å²) >= 11 is 7.46. The monoisotopic (exact) mass is 549 g/mol. The van der Waals surface area contributed by atoms with Crippen molar-refractivity contribution in [3.05, 3.63) is 87.4 Å². The lowest BCUT2D eigenvalue weighted by Crippen LogP contribution is -2.24. The Hall–Kier alpha value is -3.80. The molecule has 0 spiro atoms. The summed E-state index contributed by atoms with van der Waals surface area (Å²) in [5.74, 6) is -0.648. The molecule has 0 saturated heterocycles. The second-order valence-corrected chi connectivity index (χ2v) is 10.7. The lowest BCUT2D eigenvalue weighted by Gasteiger charge is -2.18. The molecule has 0 unspecified atom stereocenters. The van der Waals surface area contributed by atoms with Crippen LogP contribution in [-0.4, -0.2) is 35.6 Å². The Kier molecular flexibility index (Phi) is 9.56. The van der Waals surface area contributed by atoms with Gasteiger partial charge < -0.3 is 10.1 Å². The van der Waals surface area contributed by atoms with Crippen LogP contribution < -0.4 is 10.1 Å². The summed E-state index contributed by atoms with van der Waals surface area (Å²) in [6.45, 7) is 7.02. The smallest absolute Gasteiger partial charge is 0.262 e. The highest BCUT2D eigenvalue weighted by molar-refractivity contribution is 7.97. The Bertz CT molecular complexity index is 1430. The number of nitrogens with zero attached hydrogens (tertiary/aromatic N) is 2. The Labute approximate surface area is 231 Å². The van der Waals surface area contributed by atoms with Crippen LogP contribution >= 0.6 is 23.5 Å². The highest BCUT2D eigenvalue weighted by Crippen LogP contribution is 2.28. The Morgan fingerprint density at radius 3 is 2.47 bits per heavy atom. The maximum absolute atomic E-state index is 13.2. The largest absolute Gasteiger partial charge is 0.483 e. The van der Waals surface area contributed by atoms with E-state index in [9.17, 15) is 19.6 Å². The predicted octanol–water partition coefficient (Wildman–Crippen LogP) is 6.20. The van der Waals surface area contributed by atoms with E-state index >= 15 is 0 Å². The second-order valence-electron chi connectivity index (χ2n) is 9.06. The molecule has 0 atom stereocenters. The standard InChI is InChI=1S/C29H28ClN3O4S/c1-17(2)29(36)33(5)38-23-7-8-25(19(4)12-23)32-27(34)16-37-26-9-6-22(30)14-24(26)28(35)21-11-18(3)10-20(13-21)15-31/h6-14,17H,16H2,1-5H3,(H,32,34). The van der Waals surface area contributed by atoms with Gasteiger partial charge in [-0.05, 0) is 91.5 Å². The fourth-order valence-electron chi connectivity index (χ4n) is 3.67. The molecular weight excluding hydrogens is 522 g/mol. The third kappa shape index (κ3) is 7.37. The van der Waals surface area contributed by atoms with Gasteiger partial charge in [-0.15, -0.1) is 0 Å². The summed E-state index contributed by atoms with van der Waals surface area (Å²) in [4.78, 5) is 38.9. The maximum atomic E-state index is 13.2. The van der Waals surface area contributed by atoms with E-state index in [1.807, 2.05) is 39.0 Å². The van der Waals surface area contributed by atoms with E-state index < -0.39 is 5.91 Å². The van der Waals surface area contributed by atoms with Gasteiger partial charge in [0.25, 0.3) is 5.91 Å². The Morgan fingerprint density at radius 2 is 1.82 bits per heavy atom. The minimum absolute atomic E-state index is 0.0233. The molecule has 0 saturated carbocycles. The summed E-state index contributed by atoms with van der Waals surface area (Å²) < 4.78 is 7.31. The number of carbonyl (C=O) groups is 3. The number of ether oxygens (including phenoxy) is 1. The number of rotatable bonds is 9. The van der Waals surface area contributed by atoms with Crippen molar-refractivity contribution < 1.29 is 19.1 Å². The maximum Gasteiger partial charge on any atom is 0.262 e. The molecule has 0 fully saturated rings. The number of hydrogen-bond acceptors (Lipinski definition) is 6. The minimum atomic E-state index is -0.406. The molecule has 0 aliphatic heterocycles. The minimum Gasteiger partial charge on any atom is -0.483 e. The fraction of sp³-hybridized carbons (Fsp3) is 0.241. The molecule has 3 aromatic rings. The molecular formula is C29H28ClN3O4S. The molecule has 2 amide bonds. The number of halogens is 1. The quantitative estimate of drug-likeness (QED) is 0.252. The summed E-state index contributed by atoms with van der Waals surface area (Å²) in [5, 5.41) is 12.4. The first-order valence-electron chi connectivity index (χ1n) is 11.8. The van der Waals surface area contributed by atoms with E-state index in [2.05, 4.69) is 5.32 Å². The number of carbonyl (C=O) groups excluding carboxylic acids is 3. The number of nitriles is 1. The average molecular weight is 550 g/mol. The van der Waals surface area contributed by atoms with E-state index in [-0.39, 0.29) is 35.5 Å². The van der Waals surface area contributed by atoms with Crippen molar-refractivity contribution in [2.45, 2.75) is 32.6 Å². The van der Waals surface area contributed by atoms with E-state index in [1.165, 1.54) is 30.1 Å². The first-order valence-corrected chi connectivity index (χ1v) is 13.0. The van der Waals surface area contributed by atoms with Crippen LogP contribution in [0.25, 0.3) is 0 Å². The number of anilines is 1. The number of nitrogens with one attached hydrogen (secondary N) is 1. The van der Waals surface area contributed by atoms with Crippen LogP contribution in [0.15, 0.2) is 59.5 Å². The topological polar surface area (TPSA) is 99.5 Å². The van der Waals surface area contributed by atoms with Crippen molar-refractivity contribution in [3.63, 3.8) is 0 Å². The van der Waals surface area contributed by atoms with Gasteiger partial charge in [0.15, 0.2) is 12.4 Å². The SMILES string of the molecule is Cc1cc(C#N)cc(C(=O)c2cc(Cl)ccc2OCC(=O)Nc2ccc(SN(C)C(=O)C(C)C)cc2C)c1. The molecule has 7 nitrogen and oxygen atoms in total. The van der Waals surface area contributed by atoms with Crippen molar-refractivity contribution in [2.75, 3.05) is 19.0 Å². The van der Waals surface area contributed by atoms with Crippen LogP contribution in [0.3, 0.4) is 0 Å². The number of ketones is 1. The number of hydrogen-bond donors (Lipinski definition) is 1. The van der Waals surface area contributed by atoms with Crippen LogP contribution in [0.5, 0.6) is 5.75 Å².